The number of fused-ring (bicyclic) bond motifs is 6. The first kappa shape index (κ1) is 25.3. The van der Waals surface area contributed by atoms with Gasteiger partial charge in [-0.15, -0.1) is 0 Å². The fourth-order valence-corrected chi connectivity index (χ4v) is 8.62. The minimum Gasteiger partial charge on any atom is -0.310 e. The van der Waals surface area contributed by atoms with Crippen molar-refractivity contribution in [3.63, 3.8) is 0 Å². The van der Waals surface area contributed by atoms with Crippen LogP contribution in [0.25, 0.3) is 22.3 Å². The van der Waals surface area contributed by atoms with Crippen LogP contribution >= 0.6 is 0 Å². The van der Waals surface area contributed by atoms with Gasteiger partial charge >= 0.3 is 0 Å². The molecule has 0 bridgehead atoms. The van der Waals surface area contributed by atoms with Crippen molar-refractivity contribution in [2.75, 3.05) is 4.90 Å². The molecule has 0 spiro atoms. The van der Waals surface area contributed by atoms with Crippen molar-refractivity contribution in [3.05, 3.63) is 209 Å². The summed E-state index contributed by atoms with van der Waals surface area (Å²) < 4.78 is 53.3. The second-order valence-electron chi connectivity index (χ2n) is 14.9. The maximum absolute atomic E-state index is 8.89. The minimum absolute atomic E-state index is 0.0828. The number of rotatable bonds is 5. The molecule has 0 saturated carbocycles. The first-order chi connectivity index (χ1) is 27.2. The molecule has 0 N–H and O–H groups in total. The van der Waals surface area contributed by atoms with Gasteiger partial charge in [-0.3, -0.25) is 0 Å². The average Bonchev–Trinajstić information content (AvgIpc) is 3.68. The van der Waals surface area contributed by atoms with E-state index in [1.807, 2.05) is 24.3 Å². The van der Waals surface area contributed by atoms with Crippen LogP contribution in [0.4, 0.5) is 17.1 Å². The topological polar surface area (TPSA) is 3.24 Å². The summed E-state index contributed by atoms with van der Waals surface area (Å²) in [6.45, 7) is 0.820. The Hall–Kier alpha value is -5.66. The van der Waals surface area contributed by atoms with Crippen LogP contribution in [0.15, 0.2) is 170 Å². The molecule has 0 fully saturated rings. The Morgan fingerprint density at radius 2 is 1.02 bits per heavy atom. The van der Waals surface area contributed by atoms with Crippen LogP contribution in [0.1, 0.15) is 81.6 Å². The van der Waals surface area contributed by atoms with E-state index in [0.29, 0.717) is 22.4 Å². The maximum atomic E-state index is 8.89. The average molecular weight is 664 g/mol. The fraction of sp³-hybridized carbons (Fsp3) is 0.160. The van der Waals surface area contributed by atoms with Crippen molar-refractivity contribution in [1.82, 2.24) is 0 Å². The molecule has 0 aromatic heterocycles. The van der Waals surface area contributed by atoms with Gasteiger partial charge in [-0.2, -0.15) is 0 Å². The van der Waals surface area contributed by atoms with Crippen LogP contribution in [0.3, 0.4) is 0 Å². The summed E-state index contributed by atoms with van der Waals surface area (Å²) in [7, 11) is 0. The zero-order valence-corrected chi connectivity index (χ0v) is 29.1. The predicted molar refractivity (Wildman–Crippen MR) is 215 cm³/mol. The molecule has 7 aromatic rings. The zero-order chi connectivity index (χ0) is 40.0. The maximum Gasteiger partial charge on any atom is 0.0714 e. The van der Waals surface area contributed by atoms with Crippen LogP contribution in [0.2, 0.25) is 0 Å². The van der Waals surface area contributed by atoms with Crippen LogP contribution in [0.5, 0.6) is 0 Å². The second kappa shape index (κ2) is 11.4. The number of hydrogen-bond acceptors (Lipinski definition) is 1. The van der Waals surface area contributed by atoms with Gasteiger partial charge in [-0.05, 0) is 91.4 Å². The Balaban J connectivity index is 1.36. The zero-order valence-electron chi connectivity index (χ0n) is 35.1. The van der Waals surface area contributed by atoms with Gasteiger partial charge in [0.05, 0.1) is 11.1 Å². The first-order valence-corrected chi connectivity index (χ1v) is 17.7. The summed E-state index contributed by atoms with van der Waals surface area (Å²) in [6, 6.07) is 57.8. The summed E-state index contributed by atoms with van der Waals surface area (Å²) in [5.41, 5.74) is 9.48. The van der Waals surface area contributed by atoms with Crippen LogP contribution < -0.4 is 4.90 Å². The molecule has 1 nitrogen and oxygen atoms in total. The molecule has 51 heavy (non-hydrogen) atoms. The van der Waals surface area contributed by atoms with Gasteiger partial charge in [0.2, 0.25) is 0 Å². The summed E-state index contributed by atoms with van der Waals surface area (Å²) in [5.74, 6) is 0. The van der Waals surface area contributed by atoms with Gasteiger partial charge in [0.25, 0.3) is 0 Å². The van der Waals surface area contributed by atoms with Crippen LogP contribution in [0, 0.1) is 0 Å². The molecule has 1 heteroatoms. The second-order valence-corrected chi connectivity index (χ2v) is 14.9. The van der Waals surface area contributed by atoms with Crippen molar-refractivity contribution < 1.29 is 8.22 Å². The monoisotopic (exact) mass is 663 g/mol. The Morgan fingerprint density at radius 3 is 1.67 bits per heavy atom. The van der Waals surface area contributed by atoms with Gasteiger partial charge in [-0.25, -0.2) is 0 Å². The van der Waals surface area contributed by atoms with E-state index in [9.17, 15) is 0 Å². The normalized spacial score (nSPS) is 16.9. The number of anilines is 3. The summed E-state index contributed by atoms with van der Waals surface area (Å²) >= 11 is 0. The van der Waals surface area contributed by atoms with E-state index in [4.69, 9.17) is 8.22 Å². The van der Waals surface area contributed by atoms with Crippen molar-refractivity contribution in [2.45, 2.75) is 50.7 Å². The number of benzene rings is 7. The molecule has 2 aliphatic carbocycles. The number of hydrogen-bond donors (Lipinski definition) is 0. The largest absolute Gasteiger partial charge is 0.310 e. The highest BCUT2D eigenvalue weighted by atomic mass is 15.1. The number of nitrogens with zero attached hydrogens (tertiary/aromatic N) is 1. The van der Waals surface area contributed by atoms with Crippen molar-refractivity contribution in [2.24, 2.45) is 0 Å². The van der Waals surface area contributed by atoms with Gasteiger partial charge < -0.3 is 4.90 Å². The van der Waals surface area contributed by atoms with Crippen molar-refractivity contribution in [3.8, 4) is 22.3 Å². The third-order valence-electron chi connectivity index (χ3n) is 11.0. The van der Waals surface area contributed by atoms with E-state index in [2.05, 4.69) is 153 Å². The van der Waals surface area contributed by atoms with Crippen molar-refractivity contribution in [1.29, 1.82) is 0 Å². The van der Waals surface area contributed by atoms with Crippen molar-refractivity contribution >= 4 is 17.1 Å². The van der Waals surface area contributed by atoms with E-state index >= 15 is 0 Å². The molecule has 0 atom stereocenters. The molecular formula is C50H43N. The van der Waals surface area contributed by atoms with Gasteiger partial charge in [0.15, 0.2) is 0 Å². The highest BCUT2D eigenvalue weighted by Crippen LogP contribution is 2.58. The molecular weight excluding hydrogens is 615 g/mol. The fourth-order valence-electron chi connectivity index (χ4n) is 8.62. The third-order valence-corrected chi connectivity index (χ3v) is 11.0. The van der Waals surface area contributed by atoms with Gasteiger partial charge in [-0.1, -0.05) is 174 Å². The van der Waals surface area contributed by atoms with Crippen LogP contribution in [-0.4, -0.2) is 0 Å². The Labute approximate surface area is 311 Å². The van der Waals surface area contributed by atoms with Crippen LogP contribution in [-0.2, 0) is 16.2 Å². The molecule has 9 rings (SSSR count). The summed E-state index contributed by atoms with van der Waals surface area (Å²) in [6.07, 6.45) is 0. The Bertz CT molecular complexity index is 2590. The Kier molecular flexibility index (Phi) is 5.68. The lowest BCUT2D eigenvalue weighted by Gasteiger charge is -2.35. The smallest absolute Gasteiger partial charge is 0.0714 e. The molecule has 7 aromatic carbocycles. The van der Waals surface area contributed by atoms with Gasteiger partial charge in [0, 0.05) is 30.6 Å². The Morgan fingerprint density at radius 1 is 0.471 bits per heavy atom. The molecule has 0 saturated heterocycles. The lowest BCUT2D eigenvalue weighted by atomic mass is 9.67. The highest BCUT2D eigenvalue weighted by molar-refractivity contribution is 5.95. The predicted octanol–water partition coefficient (Wildman–Crippen LogP) is 13.1. The quantitative estimate of drug-likeness (QED) is 0.177. The van der Waals surface area contributed by atoms with E-state index in [1.165, 1.54) is 27.8 Å². The molecule has 2 aliphatic rings. The summed E-state index contributed by atoms with van der Waals surface area (Å²) in [5, 5.41) is 0. The van der Waals surface area contributed by atoms with E-state index in [0.717, 1.165) is 22.5 Å². The first-order valence-electron chi connectivity index (χ1n) is 20.7. The minimum atomic E-state index is -2.87. The third kappa shape index (κ3) is 4.61. The molecule has 0 aliphatic heterocycles. The molecule has 248 valence electrons. The standard InChI is InChI=1S/C50H43N/c1-48(2,3)34-29-31-37(32-30-34)51(46-28-16-27-45-47(46)41-23-11-12-24-42(41)49(45,4)5)38-20-15-19-36(33-38)50(35-17-7-6-8-18-35)43-25-13-9-21-39(43)40-22-10-14-26-44(40)50/h6-33H,1-5H3/i4D3,5D3. The highest BCUT2D eigenvalue weighted by Gasteiger charge is 2.46. The molecule has 0 heterocycles. The molecule has 0 unspecified atom stereocenters. The molecule has 0 radical (unpaired) electrons. The lowest BCUT2D eigenvalue weighted by Crippen LogP contribution is -2.28. The summed E-state index contributed by atoms with van der Waals surface area (Å²) in [4.78, 5) is 2.17. The molecule has 0 amide bonds. The van der Waals surface area contributed by atoms with E-state index in [-0.39, 0.29) is 11.0 Å². The lowest BCUT2D eigenvalue weighted by molar-refractivity contribution is 0.590. The van der Waals surface area contributed by atoms with E-state index in [1.54, 1.807) is 18.2 Å². The van der Waals surface area contributed by atoms with Gasteiger partial charge in [0.1, 0.15) is 0 Å². The van der Waals surface area contributed by atoms with E-state index < -0.39 is 24.5 Å². The SMILES string of the molecule is [2H]C([2H])([2H])C1(C([2H])([2H])[2H])c2ccccc2-c2c(N(c3ccc(C(C)(C)C)cc3)c3cccc(C4(c5ccccc5)c5ccccc5-c5ccccc54)c3)cccc21.